The number of fused-ring (bicyclic) bond motifs is 2. The van der Waals surface area contributed by atoms with Crippen LogP contribution in [0.25, 0.3) is 22.3 Å². The van der Waals surface area contributed by atoms with Crippen LogP contribution in [0.15, 0.2) is 103 Å². The number of thioether (sulfide) groups is 1. The first-order chi connectivity index (χ1) is 24.0. The molecule has 6 rings (SSSR count). The molecule has 2 N–H and O–H groups in total. The van der Waals surface area contributed by atoms with Crippen molar-refractivity contribution in [2.75, 3.05) is 29.2 Å². The number of halogens is 3. The summed E-state index contributed by atoms with van der Waals surface area (Å²) in [4.78, 5) is 0. The monoisotopic (exact) mass is 736 g/mol. The number of nitrogens with one attached hydrogen (secondary N) is 2. The molecule has 4 aromatic carbocycles. The van der Waals surface area contributed by atoms with Gasteiger partial charge in [0, 0.05) is 28.3 Å². The van der Waals surface area contributed by atoms with Gasteiger partial charge in [0.25, 0.3) is 0 Å². The second-order valence-corrected chi connectivity index (χ2v) is 16.3. The third-order valence-electron chi connectivity index (χ3n) is 8.34. The molecule has 0 saturated carbocycles. The number of benzene rings is 4. The van der Waals surface area contributed by atoms with Crippen molar-refractivity contribution in [2.24, 2.45) is 0 Å². The predicted octanol–water partition coefficient (Wildman–Crippen LogP) is 10.4. The predicted molar refractivity (Wildman–Crippen MR) is 205 cm³/mol. The molecule has 6 nitrogen and oxygen atoms in total. The maximum absolute atomic E-state index is 12.3. The summed E-state index contributed by atoms with van der Waals surface area (Å²) in [5.41, 5.74) is 4.08. The molecular formula is C40H43F3N2O4S2. The average Bonchev–Trinajstić information content (AvgIpc) is 3.06. The van der Waals surface area contributed by atoms with Crippen molar-refractivity contribution in [2.45, 2.75) is 57.6 Å². The van der Waals surface area contributed by atoms with Crippen LogP contribution in [-0.4, -0.2) is 43.6 Å². The minimum atomic E-state index is -5.66. The molecule has 2 aliphatic rings. The molecule has 2 heterocycles. The molecule has 0 aliphatic carbocycles. The van der Waals surface area contributed by atoms with Gasteiger partial charge in [-0.1, -0.05) is 60.7 Å². The van der Waals surface area contributed by atoms with Gasteiger partial charge in [-0.25, -0.2) is 0 Å². The highest BCUT2D eigenvalue weighted by Crippen LogP contribution is 2.39. The lowest BCUT2D eigenvalue weighted by Gasteiger charge is -2.32. The van der Waals surface area contributed by atoms with Crippen LogP contribution in [0.3, 0.4) is 0 Å². The van der Waals surface area contributed by atoms with Crippen LogP contribution in [0.5, 0.6) is 11.5 Å². The van der Waals surface area contributed by atoms with Crippen LogP contribution >= 0.6 is 11.8 Å². The van der Waals surface area contributed by atoms with E-state index in [4.69, 9.17) is 4.74 Å². The standard InChI is InChI=1S/C27H29NOS.C13H14F3NO3S/c1-27(2)18-23(19-30-15-14-20-8-5-4-6-9-20)25-17-22(12-13-26(25)28-27)21-10-7-11-24(16-21)29-3;1-8-7-12(2,3)17-11-5-4-9(6-10(8)11)20-21(18,19)13(14,15)16/h4-13,16-18,28H,14-15,19H2,1-3H3;4-7,17H,1-3H3. The van der Waals surface area contributed by atoms with E-state index in [2.05, 4.69) is 95.4 Å². The highest BCUT2D eigenvalue weighted by Gasteiger charge is 2.48. The third-order valence-corrected chi connectivity index (χ3v) is 10.3. The number of ether oxygens (including phenoxy) is 1. The summed E-state index contributed by atoms with van der Waals surface area (Å²) in [6.07, 6.45) is 5.40. The number of rotatable bonds is 9. The Bertz CT molecular complexity index is 2040. The second-order valence-electron chi connectivity index (χ2n) is 13.7. The number of aryl methyl sites for hydroxylation is 1. The summed E-state index contributed by atoms with van der Waals surface area (Å²) >= 11 is 2.01. The van der Waals surface area contributed by atoms with E-state index in [1.165, 1.54) is 51.7 Å². The zero-order chi connectivity index (χ0) is 37.0. The molecule has 0 spiro atoms. The molecule has 51 heavy (non-hydrogen) atoms. The topological polar surface area (TPSA) is 76.7 Å². The van der Waals surface area contributed by atoms with Crippen molar-refractivity contribution in [3.8, 4) is 22.6 Å². The van der Waals surface area contributed by atoms with Gasteiger partial charge >= 0.3 is 15.6 Å². The molecule has 0 aromatic heterocycles. The summed E-state index contributed by atoms with van der Waals surface area (Å²) in [7, 11) is -3.94. The largest absolute Gasteiger partial charge is 0.534 e. The van der Waals surface area contributed by atoms with E-state index in [0.717, 1.165) is 29.2 Å². The number of allylic oxidation sites excluding steroid dienone is 1. The lowest BCUT2D eigenvalue weighted by atomic mass is 9.89. The quantitative estimate of drug-likeness (QED) is 0.101. The van der Waals surface area contributed by atoms with Gasteiger partial charge in [-0.05, 0) is 117 Å². The number of methoxy groups -OCH3 is 1. The zero-order valence-electron chi connectivity index (χ0n) is 29.5. The van der Waals surface area contributed by atoms with E-state index in [1.807, 2.05) is 43.8 Å². The molecule has 11 heteroatoms. The third kappa shape index (κ3) is 9.71. The van der Waals surface area contributed by atoms with Crippen molar-refractivity contribution < 1.29 is 30.5 Å². The first-order valence-corrected chi connectivity index (χ1v) is 19.0. The fraction of sp³-hybridized carbons (Fsp3) is 0.300. The first-order valence-electron chi connectivity index (χ1n) is 16.5. The van der Waals surface area contributed by atoms with Gasteiger partial charge in [-0.15, -0.1) is 0 Å². The van der Waals surface area contributed by atoms with Gasteiger partial charge < -0.3 is 19.6 Å². The van der Waals surface area contributed by atoms with Crippen molar-refractivity contribution in [1.29, 1.82) is 0 Å². The Morgan fingerprint density at radius 3 is 2.08 bits per heavy atom. The van der Waals surface area contributed by atoms with Crippen molar-refractivity contribution in [1.82, 2.24) is 0 Å². The van der Waals surface area contributed by atoms with Gasteiger partial charge in [-0.2, -0.15) is 33.4 Å². The maximum atomic E-state index is 12.3. The van der Waals surface area contributed by atoms with E-state index >= 15 is 0 Å². The smallest absolute Gasteiger partial charge is 0.497 e. The average molecular weight is 737 g/mol. The maximum Gasteiger partial charge on any atom is 0.534 e. The SMILES string of the molecule is CC1=CC(C)(C)Nc2ccc(OS(=O)(=O)C(F)(F)F)cc21.COc1cccc(-c2ccc3c(c2)C(CSCCc2ccccc2)=CC(C)(C)N3)c1. The normalized spacial score (nSPS) is 15.7. The molecule has 0 atom stereocenters. The Morgan fingerprint density at radius 2 is 1.39 bits per heavy atom. The summed E-state index contributed by atoms with van der Waals surface area (Å²) in [5, 5.41) is 6.86. The van der Waals surface area contributed by atoms with E-state index in [0.29, 0.717) is 11.3 Å². The van der Waals surface area contributed by atoms with Gasteiger partial charge in [0.05, 0.1) is 18.2 Å². The van der Waals surface area contributed by atoms with E-state index < -0.39 is 15.6 Å². The lowest BCUT2D eigenvalue weighted by molar-refractivity contribution is -0.0500. The molecule has 0 radical (unpaired) electrons. The molecule has 0 fully saturated rings. The fourth-order valence-electron chi connectivity index (χ4n) is 6.12. The molecule has 2 aliphatic heterocycles. The Kier molecular flexibility index (Phi) is 11.2. The molecule has 4 aromatic rings. The van der Waals surface area contributed by atoms with E-state index in [-0.39, 0.29) is 16.8 Å². The van der Waals surface area contributed by atoms with Crippen molar-refractivity contribution in [3.63, 3.8) is 0 Å². The van der Waals surface area contributed by atoms with Crippen molar-refractivity contribution in [3.05, 3.63) is 120 Å². The molecular weight excluding hydrogens is 694 g/mol. The second kappa shape index (κ2) is 15.1. The minimum Gasteiger partial charge on any atom is -0.497 e. The minimum absolute atomic E-state index is 0.0419. The zero-order valence-corrected chi connectivity index (χ0v) is 31.2. The Balaban J connectivity index is 0.000000211. The van der Waals surface area contributed by atoms with Gasteiger partial charge in [0.2, 0.25) is 0 Å². The van der Waals surface area contributed by atoms with E-state index in [9.17, 15) is 21.6 Å². The molecule has 0 unspecified atom stereocenters. The summed E-state index contributed by atoms with van der Waals surface area (Å²) < 4.78 is 68.4. The molecule has 0 bridgehead atoms. The number of anilines is 2. The van der Waals surface area contributed by atoms with Crippen LogP contribution in [0, 0.1) is 0 Å². The highest BCUT2D eigenvalue weighted by atomic mass is 32.2. The van der Waals surface area contributed by atoms with Crippen molar-refractivity contribution >= 4 is 44.4 Å². The summed E-state index contributed by atoms with van der Waals surface area (Å²) in [5.74, 6) is 2.66. The Morgan fingerprint density at radius 1 is 0.745 bits per heavy atom. The van der Waals surface area contributed by atoms with Crippen LogP contribution in [0.4, 0.5) is 24.5 Å². The van der Waals surface area contributed by atoms with Crippen LogP contribution < -0.4 is 19.6 Å². The molecule has 270 valence electrons. The van der Waals surface area contributed by atoms with E-state index in [1.54, 1.807) is 14.0 Å². The Hall–Kier alpha value is -4.35. The summed E-state index contributed by atoms with van der Waals surface area (Å²) in [6.45, 7) is 10.2. The Labute approximate surface area is 303 Å². The highest BCUT2D eigenvalue weighted by molar-refractivity contribution is 7.99. The molecule has 0 saturated heterocycles. The molecule has 0 amide bonds. The summed E-state index contributed by atoms with van der Waals surface area (Å²) in [6, 6.07) is 29.7. The van der Waals surface area contributed by atoms with Gasteiger partial charge in [0.1, 0.15) is 11.5 Å². The van der Waals surface area contributed by atoms with Gasteiger partial charge in [0.15, 0.2) is 0 Å². The lowest BCUT2D eigenvalue weighted by Crippen LogP contribution is -2.32. The number of hydrogen-bond donors (Lipinski definition) is 2. The fourth-order valence-corrected chi connectivity index (χ4v) is 7.56. The number of hydrogen-bond acceptors (Lipinski definition) is 7. The number of alkyl halides is 3. The first kappa shape index (κ1) is 37.9. The van der Waals surface area contributed by atoms with Crippen LogP contribution in [0.2, 0.25) is 0 Å². The van der Waals surface area contributed by atoms with Gasteiger partial charge in [-0.3, -0.25) is 0 Å². The van der Waals surface area contributed by atoms with Crippen LogP contribution in [-0.2, 0) is 16.5 Å². The van der Waals surface area contributed by atoms with Crippen LogP contribution in [0.1, 0.15) is 51.3 Å².